The van der Waals surface area contributed by atoms with Crippen LogP contribution in [0.2, 0.25) is 0 Å². The average Bonchev–Trinajstić information content (AvgIpc) is 2.45. The Morgan fingerprint density at radius 2 is 2.14 bits per heavy atom. The fourth-order valence-electron chi connectivity index (χ4n) is 2.75. The highest BCUT2D eigenvalue weighted by atomic mass is 16.5. The van der Waals surface area contributed by atoms with Crippen LogP contribution in [0.3, 0.4) is 0 Å². The van der Waals surface area contributed by atoms with E-state index in [0.717, 1.165) is 42.6 Å². The van der Waals surface area contributed by atoms with Crippen molar-refractivity contribution in [1.29, 1.82) is 0 Å². The van der Waals surface area contributed by atoms with E-state index >= 15 is 0 Å². The number of benzene rings is 1. The van der Waals surface area contributed by atoms with Crippen molar-refractivity contribution < 1.29 is 4.74 Å². The zero-order valence-electron chi connectivity index (χ0n) is 14.0. The zero-order chi connectivity index (χ0) is 16.2. The number of rotatable bonds is 6. The second-order valence-corrected chi connectivity index (χ2v) is 6.44. The molecule has 22 heavy (non-hydrogen) atoms. The molecule has 1 aromatic carbocycles. The van der Waals surface area contributed by atoms with Gasteiger partial charge in [-0.05, 0) is 75.1 Å². The molecule has 1 heterocycles. The maximum atomic E-state index is 11.1. The number of aryl methyl sites for hydroxylation is 1. The summed E-state index contributed by atoms with van der Waals surface area (Å²) in [5.41, 5.74) is 3.38. The lowest BCUT2D eigenvalue weighted by molar-refractivity contribution is 0.128. The SMILES string of the molecule is CCCc1cc(N=O)c2c(c1)O[C@@](C)(CCC=C(C)C)C=C2. The lowest BCUT2D eigenvalue weighted by atomic mass is 9.93. The smallest absolute Gasteiger partial charge is 0.130 e. The first kappa shape index (κ1) is 16.5. The Kier molecular flexibility index (Phi) is 5.17. The third-order valence-corrected chi connectivity index (χ3v) is 3.96. The van der Waals surface area contributed by atoms with Gasteiger partial charge in [0.05, 0.1) is 0 Å². The van der Waals surface area contributed by atoms with Gasteiger partial charge < -0.3 is 4.74 Å². The lowest BCUT2D eigenvalue weighted by Gasteiger charge is -2.32. The van der Waals surface area contributed by atoms with Gasteiger partial charge in [0.25, 0.3) is 0 Å². The number of allylic oxidation sites excluding steroid dienone is 2. The molecule has 0 bridgehead atoms. The summed E-state index contributed by atoms with van der Waals surface area (Å²) < 4.78 is 6.22. The number of hydrogen-bond donors (Lipinski definition) is 0. The maximum Gasteiger partial charge on any atom is 0.130 e. The lowest BCUT2D eigenvalue weighted by Crippen LogP contribution is -2.31. The molecular formula is C19H25NO2. The van der Waals surface area contributed by atoms with Crippen molar-refractivity contribution in [3.8, 4) is 5.75 Å². The largest absolute Gasteiger partial charge is 0.483 e. The van der Waals surface area contributed by atoms with Crippen LogP contribution in [0.5, 0.6) is 5.75 Å². The predicted octanol–water partition coefficient (Wildman–Crippen LogP) is 5.95. The highest BCUT2D eigenvalue weighted by Gasteiger charge is 2.28. The van der Waals surface area contributed by atoms with Crippen LogP contribution in [0.1, 0.15) is 58.1 Å². The van der Waals surface area contributed by atoms with E-state index < -0.39 is 0 Å². The van der Waals surface area contributed by atoms with Crippen LogP contribution in [0.4, 0.5) is 5.69 Å². The Morgan fingerprint density at radius 1 is 1.36 bits per heavy atom. The van der Waals surface area contributed by atoms with E-state index in [1.807, 2.05) is 18.2 Å². The van der Waals surface area contributed by atoms with Crippen LogP contribution >= 0.6 is 0 Å². The summed E-state index contributed by atoms with van der Waals surface area (Å²) in [4.78, 5) is 11.1. The highest BCUT2D eigenvalue weighted by Crippen LogP contribution is 2.39. The Labute approximate surface area is 133 Å². The van der Waals surface area contributed by atoms with E-state index in [1.54, 1.807) is 0 Å². The van der Waals surface area contributed by atoms with Crippen LogP contribution in [0.25, 0.3) is 6.08 Å². The summed E-state index contributed by atoms with van der Waals surface area (Å²) in [7, 11) is 0. The molecule has 0 aromatic heterocycles. The summed E-state index contributed by atoms with van der Waals surface area (Å²) >= 11 is 0. The standard InChI is InChI=1S/C19H25NO2/c1-5-7-15-12-17(20-21)16-9-11-19(4,22-18(16)13-15)10-6-8-14(2)3/h8-9,11-13H,5-7,10H2,1-4H3/t19-/m0/s1. The molecule has 0 spiro atoms. The molecule has 0 saturated carbocycles. The molecule has 0 fully saturated rings. The van der Waals surface area contributed by atoms with Crippen molar-refractivity contribution >= 4 is 11.8 Å². The molecule has 1 aliphatic heterocycles. The monoisotopic (exact) mass is 299 g/mol. The molecule has 3 nitrogen and oxygen atoms in total. The second kappa shape index (κ2) is 6.91. The fourth-order valence-corrected chi connectivity index (χ4v) is 2.75. The van der Waals surface area contributed by atoms with Gasteiger partial charge in [0, 0.05) is 5.56 Å². The summed E-state index contributed by atoms with van der Waals surface area (Å²) in [6, 6.07) is 3.92. The van der Waals surface area contributed by atoms with E-state index in [9.17, 15) is 4.91 Å². The van der Waals surface area contributed by atoms with E-state index in [0.29, 0.717) is 5.69 Å². The Bertz CT molecular complexity index is 612. The molecule has 0 saturated heterocycles. The molecular weight excluding hydrogens is 274 g/mol. The molecule has 0 unspecified atom stereocenters. The van der Waals surface area contributed by atoms with Gasteiger partial charge in [-0.1, -0.05) is 25.0 Å². The first-order valence-electron chi connectivity index (χ1n) is 7.99. The van der Waals surface area contributed by atoms with Crippen LogP contribution in [0.15, 0.2) is 35.0 Å². The first-order chi connectivity index (χ1) is 10.5. The molecule has 0 radical (unpaired) electrons. The quantitative estimate of drug-likeness (QED) is 0.481. The van der Waals surface area contributed by atoms with Gasteiger partial charge in [0.2, 0.25) is 0 Å². The van der Waals surface area contributed by atoms with Gasteiger partial charge in [-0.25, -0.2) is 0 Å². The third kappa shape index (κ3) is 3.85. The summed E-state index contributed by atoms with van der Waals surface area (Å²) in [6.45, 7) is 8.42. The number of fused-ring (bicyclic) bond motifs is 1. The summed E-state index contributed by atoms with van der Waals surface area (Å²) in [6.07, 6.45) is 10.1. The summed E-state index contributed by atoms with van der Waals surface area (Å²) in [5, 5.41) is 3.17. The van der Waals surface area contributed by atoms with Crippen molar-refractivity contribution in [3.05, 3.63) is 45.9 Å². The van der Waals surface area contributed by atoms with Crippen LogP contribution in [0, 0.1) is 4.91 Å². The molecule has 118 valence electrons. The van der Waals surface area contributed by atoms with Gasteiger partial charge in [-0.15, -0.1) is 4.91 Å². The van der Waals surface area contributed by atoms with Gasteiger partial charge >= 0.3 is 0 Å². The summed E-state index contributed by atoms with van der Waals surface area (Å²) in [5.74, 6) is 0.780. The molecule has 0 amide bonds. The molecule has 1 aliphatic rings. The van der Waals surface area contributed by atoms with Gasteiger partial charge in [-0.2, -0.15) is 0 Å². The van der Waals surface area contributed by atoms with Gasteiger partial charge in [0.15, 0.2) is 0 Å². The maximum absolute atomic E-state index is 11.1. The second-order valence-electron chi connectivity index (χ2n) is 6.44. The van der Waals surface area contributed by atoms with Crippen molar-refractivity contribution in [2.45, 2.75) is 59.0 Å². The number of nitrogens with zero attached hydrogens (tertiary/aromatic N) is 1. The van der Waals surface area contributed by atoms with E-state index in [-0.39, 0.29) is 5.60 Å². The van der Waals surface area contributed by atoms with Crippen molar-refractivity contribution in [1.82, 2.24) is 0 Å². The molecule has 0 aliphatic carbocycles. The number of nitroso groups, excluding NO2 is 1. The first-order valence-corrected chi connectivity index (χ1v) is 7.99. The molecule has 2 rings (SSSR count). The van der Waals surface area contributed by atoms with Crippen molar-refractivity contribution in [2.75, 3.05) is 0 Å². The van der Waals surface area contributed by atoms with Crippen LogP contribution in [-0.2, 0) is 6.42 Å². The zero-order valence-corrected chi connectivity index (χ0v) is 14.0. The molecule has 1 aromatic rings. The average molecular weight is 299 g/mol. The van der Waals surface area contributed by atoms with Crippen molar-refractivity contribution in [3.63, 3.8) is 0 Å². The Hall–Kier alpha value is -1.90. The predicted molar refractivity (Wildman–Crippen MR) is 92.6 cm³/mol. The minimum atomic E-state index is -0.329. The van der Waals surface area contributed by atoms with Gasteiger partial charge in [0.1, 0.15) is 17.0 Å². The normalized spacial score (nSPS) is 19.3. The number of ether oxygens (including phenoxy) is 1. The van der Waals surface area contributed by atoms with Gasteiger partial charge in [-0.3, -0.25) is 0 Å². The van der Waals surface area contributed by atoms with E-state index in [1.165, 1.54) is 5.57 Å². The fraction of sp³-hybridized carbons (Fsp3) is 0.474. The molecule has 0 N–H and O–H groups in total. The van der Waals surface area contributed by atoms with E-state index in [4.69, 9.17) is 4.74 Å². The Morgan fingerprint density at radius 3 is 2.77 bits per heavy atom. The van der Waals surface area contributed by atoms with Crippen LogP contribution < -0.4 is 4.74 Å². The van der Waals surface area contributed by atoms with Crippen LogP contribution in [-0.4, -0.2) is 5.60 Å². The molecule has 1 atom stereocenters. The van der Waals surface area contributed by atoms with Crippen molar-refractivity contribution in [2.24, 2.45) is 5.18 Å². The number of hydrogen-bond acceptors (Lipinski definition) is 3. The minimum Gasteiger partial charge on any atom is -0.483 e. The minimum absolute atomic E-state index is 0.329. The molecule has 3 heteroatoms. The third-order valence-electron chi connectivity index (χ3n) is 3.96. The highest BCUT2D eigenvalue weighted by molar-refractivity contribution is 5.73. The van der Waals surface area contributed by atoms with E-state index in [2.05, 4.69) is 45.0 Å². The topological polar surface area (TPSA) is 38.7 Å². The Balaban J connectivity index is 2.27.